The lowest BCUT2D eigenvalue weighted by atomic mass is 10.1. The molecule has 0 unspecified atom stereocenters. The predicted molar refractivity (Wildman–Crippen MR) is 97.6 cm³/mol. The summed E-state index contributed by atoms with van der Waals surface area (Å²) in [6.07, 6.45) is 0. The first kappa shape index (κ1) is 18.1. The van der Waals surface area contributed by atoms with Crippen LogP contribution < -0.4 is 11.0 Å². The van der Waals surface area contributed by atoms with Crippen LogP contribution in [-0.4, -0.2) is 40.3 Å². The van der Waals surface area contributed by atoms with E-state index in [1.54, 1.807) is 36.4 Å². The van der Waals surface area contributed by atoms with E-state index in [9.17, 15) is 19.2 Å². The molecule has 1 aromatic heterocycles. The Bertz CT molecular complexity index is 1050. The molecule has 2 aromatic carbocycles. The van der Waals surface area contributed by atoms with E-state index in [4.69, 9.17) is 4.74 Å². The average molecular weight is 367 g/mol. The number of esters is 1. The number of imidazole rings is 1. The molecule has 0 fully saturated rings. The summed E-state index contributed by atoms with van der Waals surface area (Å²) in [6.45, 7) is 1.01. The smallest absolute Gasteiger partial charge is 0.328 e. The normalized spacial score (nSPS) is 11.7. The van der Waals surface area contributed by atoms with Crippen molar-refractivity contribution in [3.63, 3.8) is 0 Å². The lowest BCUT2D eigenvalue weighted by molar-refractivity contribution is -0.144. The van der Waals surface area contributed by atoms with E-state index in [1.807, 2.05) is 0 Å². The Morgan fingerprint density at radius 2 is 1.70 bits per heavy atom. The zero-order valence-electron chi connectivity index (χ0n) is 14.4. The van der Waals surface area contributed by atoms with Crippen molar-refractivity contribution in [1.82, 2.24) is 15.3 Å². The Labute approximate surface area is 153 Å². The van der Waals surface area contributed by atoms with Gasteiger partial charge in [0.05, 0.1) is 11.0 Å². The second-order valence-electron chi connectivity index (χ2n) is 5.93. The number of amides is 1. The maximum absolute atomic E-state index is 12.2. The molecule has 3 N–H and O–H groups in total. The Morgan fingerprint density at radius 1 is 1.00 bits per heavy atom. The van der Waals surface area contributed by atoms with Crippen LogP contribution in [0.15, 0.2) is 53.3 Å². The fourth-order valence-corrected chi connectivity index (χ4v) is 2.48. The third-order valence-electron chi connectivity index (χ3n) is 3.92. The van der Waals surface area contributed by atoms with Gasteiger partial charge < -0.3 is 20.0 Å². The molecule has 0 spiro atoms. The maximum Gasteiger partial charge on any atom is 0.328 e. The second-order valence-corrected chi connectivity index (χ2v) is 5.93. The number of aromatic amines is 2. The van der Waals surface area contributed by atoms with E-state index in [0.717, 1.165) is 0 Å². The van der Waals surface area contributed by atoms with Gasteiger partial charge in [0.2, 0.25) is 0 Å². The topological polar surface area (TPSA) is 121 Å². The number of hydrogen-bond donors (Lipinski definition) is 3. The highest BCUT2D eigenvalue weighted by molar-refractivity contribution is 6.01. The van der Waals surface area contributed by atoms with Crippen LogP contribution in [0.1, 0.15) is 27.6 Å². The zero-order chi connectivity index (χ0) is 19.4. The van der Waals surface area contributed by atoms with Gasteiger partial charge in [-0.15, -0.1) is 0 Å². The number of carbonyl (C=O) groups is 3. The fraction of sp³-hybridized carbons (Fsp3) is 0.158. The van der Waals surface area contributed by atoms with Crippen LogP contribution in [0.25, 0.3) is 11.0 Å². The standard InChI is InChI=1S/C19H17N3O5/c1-11(20-17(24)12-5-3-2-4-6-12)18(25)27-10-16(23)13-7-8-14-15(9-13)22-19(26)21-14/h2-9,11H,10H2,1H3,(H,20,24)(H2,21,22,26)/t11-/m1/s1. The minimum absolute atomic E-state index is 0.298. The number of Topliss-reactive ketones (excluding diaryl/α,β-unsaturated/α-hetero) is 1. The SMILES string of the molecule is C[C@@H](NC(=O)c1ccccc1)C(=O)OCC(=O)c1ccc2[nH]c(=O)[nH]c2c1. The van der Waals surface area contributed by atoms with Gasteiger partial charge >= 0.3 is 11.7 Å². The average Bonchev–Trinajstić information content (AvgIpc) is 3.05. The number of ketones is 1. The van der Waals surface area contributed by atoms with Crippen LogP contribution >= 0.6 is 0 Å². The van der Waals surface area contributed by atoms with Crippen molar-refractivity contribution >= 4 is 28.7 Å². The molecule has 0 radical (unpaired) electrons. The molecule has 138 valence electrons. The minimum Gasteiger partial charge on any atom is -0.456 e. The van der Waals surface area contributed by atoms with E-state index >= 15 is 0 Å². The predicted octanol–water partition coefficient (Wildman–Crippen LogP) is 1.40. The van der Waals surface area contributed by atoms with E-state index in [1.165, 1.54) is 19.1 Å². The summed E-state index contributed by atoms with van der Waals surface area (Å²) >= 11 is 0. The van der Waals surface area contributed by atoms with E-state index in [-0.39, 0.29) is 5.69 Å². The third-order valence-corrected chi connectivity index (χ3v) is 3.92. The number of benzene rings is 2. The highest BCUT2D eigenvalue weighted by atomic mass is 16.5. The van der Waals surface area contributed by atoms with Crippen LogP contribution in [0.2, 0.25) is 0 Å². The summed E-state index contributed by atoms with van der Waals surface area (Å²) in [5, 5.41) is 2.52. The summed E-state index contributed by atoms with van der Waals surface area (Å²) in [5.41, 5.74) is 1.41. The summed E-state index contributed by atoms with van der Waals surface area (Å²) in [5.74, 6) is -1.55. The molecule has 0 bridgehead atoms. The summed E-state index contributed by atoms with van der Waals surface area (Å²) in [4.78, 5) is 52.6. The van der Waals surface area contributed by atoms with Gasteiger partial charge in [-0.3, -0.25) is 9.59 Å². The quantitative estimate of drug-likeness (QED) is 0.449. The van der Waals surface area contributed by atoms with E-state index in [0.29, 0.717) is 22.2 Å². The first-order valence-electron chi connectivity index (χ1n) is 8.22. The van der Waals surface area contributed by atoms with Crippen LogP contribution in [0.4, 0.5) is 0 Å². The number of rotatable bonds is 6. The molecule has 0 saturated carbocycles. The van der Waals surface area contributed by atoms with Crippen LogP contribution in [-0.2, 0) is 9.53 Å². The van der Waals surface area contributed by atoms with Crippen molar-refractivity contribution < 1.29 is 19.1 Å². The second kappa shape index (κ2) is 7.69. The lowest BCUT2D eigenvalue weighted by Gasteiger charge is -2.13. The van der Waals surface area contributed by atoms with Crippen LogP contribution in [0, 0.1) is 0 Å². The molecule has 1 amide bonds. The monoisotopic (exact) mass is 367 g/mol. The van der Waals surface area contributed by atoms with Crippen molar-refractivity contribution in [2.24, 2.45) is 0 Å². The van der Waals surface area contributed by atoms with E-state index in [2.05, 4.69) is 15.3 Å². The van der Waals surface area contributed by atoms with Gasteiger partial charge in [-0.05, 0) is 37.3 Å². The van der Waals surface area contributed by atoms with Crippen molar-refractivity contribution in [3.8, 4) is 0 Å². The Balaban J connectivity index is 1.56. The van der Waals surface area contributed by atoms with Crippen molar-refractivity contribution in [2.75, 3.05) is 6.61 Å². The highest BCUT2D eigenvalue weighted by Gasteiger charge is 2.19. The van der Waals surface area contributed by atoms with Gasteiger partial charge in [-0.2, -0.15) is 0 Å². The molecule has 0 aliphatic rings. The van der Waals surface area contributed by atoms with Crippen LogP contribution in [0.5, 0.6) is 0 Å². The first-order chi connectivity index (χ1) is 12.9. The van der Waals surface area contributed by atoms with Gasteiger partial charge in [0.1, 0.15) is 6.04 Å². The van der Waals surface area contributed by atoms with Gasteiger partial charge in [0, 0.05) is 11.1 Å². The molecule has 3 rings (SSSR count). The Kier molecular flexibility index (Phi) is 5.16. The molecular weight excluding hydrogens is 350 g/mol. The molecule has 1 atom stereocenters. The molecule has 27 heavy (non-hydrogen) atoms. The number of nitrogens with one attached hydrogen (secondary N) is 3. The molecule has 8 nitrogen and oxygen atoms in total. The molecule has 8 heteroatoms. The number of carbonyl (C=O) groups excluding carboxylic acids is 3. The lowest BCUT2D eigenvalue weighted by Crippen LogP contribution is -2.40. The highest BCUT2D eigenvalue weighted by Crippen LogP contribution is 2.11. The molecule has 1 heterocycles. The van der Waals surface area contributed by atoms with Crippen LogP contribution in [0.3, 0.4) is 0 Å². The first-order valence-corrected chi connectivity index (χ1v) is 8.22. The summed E-state index contributed by atoms with van der Waals surface area (Å²) < 4.78 is 4.99. The Hall–Kier alpha value is -3.68. The van der Waals surface area contributed by atoms with E-state index < -0.39 is 30.3 Å². The van der Waals surface area contributed by atoms with Gasteiger partial charge in [-0.1, -0.05) is 18.2 Å². The molecule has 0 aliphatic carbocycles. The molecule has 0 aliphatic heterocycles. The minimum atomic E-state index is -0.908. The van der Waals surface area contributed by atoms with Gasteiger partial charge in [0.15, 0.2) is 12.4 Å². The Morgan fingerprint density at radius 3 is 2.44 bits per heavy atom. The van der Waals surface area contributed by atoms with Gasteiger partial charge in [-0.25, -0.2) is 9.59 Å². The third kappa shape index (κ3) is 4.30. The number of hydrogen-bond acceptors (Lipinski definition) is 5. The number of H-pyrrole nitrogens is 2. The fourth-order valence-electron chi connectivity index (χ4n) is 2.48. The number of ether oxygens (including phenoxy) is 1. The molecular formula is C19H17N3O5. The van der Waals surface area contributed by atoms with Crippen molar-refractivity contribution in [1.29, 1.82) is 0 Å². The zero-order valence-corrected chi connectivity index (χ0v) is 14.4. The summed E-state index contributed by atoms with van der Waals surface area (Å²) in [7, 11) is 0. The summed E-state index contributed by atoms with van der Waals surface area (Å²) in [6, 6.07) is 12.2. The number of fused-ring (bicyclic) bond motifs is 1. The largest absolute Gasteiger partial charge is 0.456 e. The maximum atomic E-state index is 12.2. The van der Waals surface area contributed by atoms with Crippen molar-refractivity contribution in [2.45, 2.75) is 13.0 Å². The number of aromatic nitrogens is 2. The molecule has 3 aromatic rings. The van der Waals surface area contributed by atoms with Gasteiger partial charge in [0.25, 0.3) is 5.91 Å². The van der Waals surface area contributed by atoms with Crippen molar-refractivity contribution in [3.05, 3.63) is 70.1 Å². The molecule has 0 saturated heterocycles.